The molecule has 1 aliphatic rings. The maximum absolute atomic E-state index is 11.0. The van der Waals surface area contributed by atoms with Crippen molar-refractivity contribution in [1.29, 1.82) is 0 Å². The van der Waals surface area contributed by atoms with Crippen LogP contribution in [0.5, 0.6) is 0 Å². The van der Waals surface area contributed by atoms with Crippen molar-refractivity contribution in [3.63, 3.8) is 0 Å². The van der Waals surface area contributed by atoms with Crippen LogP contribution >= 0.6 is 0 Å². The summed E-state index contributed by atoms with van der Waals surface area (Å²) in [5, 5.41) is 11.0. The molecular formula is C14H22N4O2. The Morgan fingerprint density at radius 2 is 2.30 bits per heavy atom. The van der Waals surface area contributed by atoms with Gasteiger partial charge >= 0.3 is 0 Å². The second-order valence-corrected chi connectivity index (χ2v) is 5.24. The Bertz CT molecular complexity index is 478. The summed E-state index contributed by atoms with van der Waals surface area (Å²) >= 11 is 0. The summed E-state index contributed by atoms with van der Waals surface area (Å²) in [6, 6.07) is 5.67. The Morgan fingerprint density at radius 3 is 2.95 bits per heavy atom. The number of likely N-dealkylation sites (tertiary alicyclic amines) is 1. The van der Waals surface area contributed by atoms with E-state index in [-0.39, 0.29) is 5.69 Å². The zero-order chi connectivity index (χ0) is 14.5. The maximum Gasteiger partial charge on any atom is 0.293 e. The normalized spacial score (nSPS) is 19.8. The molecule has 1 unspecified atom stereocenters. The molecule has 0 spiro atoms. The number of nitro groups is 1. The highest BCUT2D eigenvalue weighted by atomic mass is 16.6. The van der Waals surface area contributed by atoms with E-state index in [9.17, 15) is 10.1 Å². The Morgan fingerprint density at radius 1 is 1.50 bits per heavy atom. The highest BCUT2D eigenvalue weighted by molar-refractivity contribution is 5.65. The van der Waals surface area contributed by atoms with Gasteiger partial charge in [-0.05, 0) is 31.4 Å². The first-order valence-corrected chi connectivity index (χ1v) is 7.14. The number of nitro benzene ring substituents is 1. The molecule has 1 aromatic rings. The van der Waals surface area contributed by atoms with E-state index in [0.717, 1.165) is 18.5 Å². The number of anilines is 1. The lowest BCUT2D eigenvalue weighted by atomic mass is 9.99. The zero-order valence-corrected chi connectivity index (χ0v) is 11.8. The molecule has 0 aromatic heterocycles. The van der Waals surface area contributed by atoms with Crippen molar-refractivity contribution in [3.8, 4) is 0 Å². The molecular weight excluding hydrogens is 256 g/mol. The summed E-state index contributed by atoms with van der Waals surface area (Å²) in [6.45, 7) is 3.95. The van der Waals surface area contributed by atoms with E-state index >= 15 is 0 Å². The molecule has 1 fully saturated rings. The van der Waals surface area contributed by atoms with Crippen LogP contribution in [0.1, 0.15) is 38.2 Å². The topological polar surface area (TPSA) is 84.4 Å². The van der Waals surface area contributed by atoms with E-state index in [0.29, 0.717) is 18.3 Å². The van der Waals surface area contributed by atoms with Crippen molar-refractivity contribution in [3.05, 3.63) is 33.9 Å². The van der Waals surface area contributed by atoms with Gasteiger partial charge in [0, 0.05) is 18.7 Å². The lowest BCUT2D eigenvalue weighted by Crippen LogP contribution is -2.38. The number of hydrogen-bond acceptors (Lipinski definition) is 5. The average molecular weight is 278 g/mol. The van der Waals surface area contributed by atoms with Gasteiger partial charge in [0.05, 0.1) is 4.92 Å². The number of hydrogen-bond donors (Lipinski definition) is 2. The van der Waals surface area contributed by atoms with Gasteiger partial charge in [0.2, 0.25) is 0 Å². The number of rotatable bonds is 5. The molecule has 110 valence electrons. The number of para-hydroxylation sites is 1. The predicted octanol–water partition coefficient (Wildman–Crippen LogP) is 2.64. The van der Waals surface area contributed by atoms with Gasteiger partial charge < -0.3 is 5.43 Å². The van der Waals surface area contributed by atoms with E-state index in [1.165, 1.54) is 25.3 Å². The molecule has 0 bridgehead atoms. The fourth-order valence-corrected chi connectivity index (χ4v) is 2.99. The molecule has 1 aliphatic heterocycles. The minimum atomic E-state index is -0.397. The second kappa shape index (κ2) is 6.67. The predicted molar refractivity (Wildman–Crippen MR) is 79.2 cm³/mol. The van der Waals surface area contributed by atoms with E-state index in [4.69, 9.17) is 5.84 Å². The summed E-state index contributed by atoms with van der Waals surface area (Å²) in [7, 11) is 0. The van der Waals surface area contributed by atoms with Gasteiger partial charge in [-0.2, -0.15) is 0 Å². The monoisotopic (exact) mass is 278 g/mol. The third kappa shape index (κ3) is 3.08. The first kappa shape index (κ1) is 14.7. The average Bonchev–Trinajstić information content (AvgIpc) is 2.47. The van der Waals surface area contributed by atoms with Crippen LogP contribution in [0, 0.1) is 10.1 Å². The largest absolute Gasteiger partial charge is 0.318 e. The summed E-state index contributed by atoms with van der Waals surface area (Å²) in [5.41, 5.74) is 3.86. The number of nitrogens with zero attached hydrogens (tertiary/aromatic N) is 2. The van der Waals surface area contributed by atoms with Crippen molar-refractivity contribution < 1.29 is 4.92 Å². The van der Waals surface area contributed by atoms with E-state index < -0.39 is 4.92 Å². The van der Waals surface area contributed by atoms with Crippen molar-refractivity contribution >= 4 is 11.4 Å². The van der Waals surface area contributed by atoms with Gasteiger partial charge in [0.15, 0.2) is 0 Å². The lowest BCUT2D eigenvalue weighted by molar-refractivity contribution is -0.384. The van der Waals surface area contributed by atoms with Crippen LogP contribution in [0.3, 0.4) is 0 Å². The SMILES string of the molecule is CCC1CCCCN1Cc1cccc([N+](=O)[O-])c1NN. The van der Waals surface area contributed by atoms with E-state index in [2.05, 4.69) is 17.2 Å². The molecule has 0 aliphatic carbocycles. The second-order valence-electron chi connectivity index (χ2n) is 5.24. The first-order chi connectivity index (χ1) is 9.67. The number of nitrogens with two attached hydrogens (primary N) is 1. The molecule has 20 heavy (non-hydrogen) atoms. The van der Waals surface area contributed by atoms with Crippen molar-refractivity contribution in [2.24, 2.45) is 5.84 Å². The van der Waals surface area contributed by atoms with Gasteiger partial charge in [0.25, 0.3) is 5.69 Å². The van der Waals surface area contributed by atoms with Gasteiger partial charge in [-0.1, -0.05) is 25.5 Å². The molecule has 1 aromatic carbocycles. The van der Waals surface area contributed by atoms with Gasteiger partial charge in [-0.3, -0.25) is 20.9 Å². The summed E-state index contributed by atoms with van der Waals surface area (Å²) in [4.78, 5) is 13.1. The Balaban J connectivity index is 2.24. The van der Waals surface area contributed by atoms with Crippen LogP contribution in [0.25, 0.3) is 0 Å². The number of benzene rings is 1. The summed E-state index contributed by atoms with van der Waals surface area (Å²) in [5.74, 6) is 5.49. The zero-order valence-electron chi connectivity index (χ0n) is 11.8. The third-order valence-corrected chi connectivity index (χ3v) is 4.06. The minimum absolute atomic E-state index is 0.0371. The Kier molecular flexibility index (Phi) is 4.92. The Hall–Kier alpha value is -1.66. The van der Waals surface area contributed by atoms with Gasteiger partial charge in [0.1, 0.15) is 5.69 Å². The van der Waals surface area contributed by atoms with Crippen LogP contribution in [0.2, 0.25) is 0 Å². The molecule has 2 rings (SSSR count). The van der Waals surface area contributed by atoms with Crippen LogP contribution in [0.4, 0.5) is 11.4 Å². The standard InChI is InChI=1S/C14H22N4O2/c1-2-12-7-3-4-9-17(12)10-11-6-5-8-13(18(19)20)14(11)16-15/h5-6,8,12,16H,2-4,7,9-10,15H2,1H3. The summed E-state index contributed by atoms with van der Waals surface area (Å²) < 4.78 is 0. The smallest absolute Gasteiger partial charge is 0.293 e. The fraction of sp³-hybridized carbons (Fsp3) is 0.571. The van der Waals surface area contributed by atoms with E-state index in [1.807, 2.05) is 6.07 Å². The fourth-order valence-electron chi connectivity index (χ4n) is 2.99. The highest BCUT2D eigenvalue weighted by Gasteiger charge is 2.23. The third-order valence-electron chi connectivity index (χ3n) is 4.06. The maximum atomic E-state index is 11.0. The molecule has 3 N–H and O–H groups in total. The van der Waals surface area contributed by atoms with E-state index in [1.54, 1.807) is 6.07 Å². The molecule has 0 radical (unpaired) electrons. The Labute approximate surface area is 119 Å². The van der Waals surface area contributed by atoms with Crippen LogP contribution in [-0.4, -0.2) is 22.4 Å². The minimum Gasteiger partial charge on any atom is -0.318 e. The quantitative estimate of drug-likeness (QED) is 0.491. The number of piperidine rings is 1. The van der Waals surface area contributed by atoms with Gasteiger partial charge in [-0.25, -0.2) is 0 Å². The molecule has 6 heteroatoms. The molecule has 1 atom stereocenters. The molecule has 1 heterocycles. The highest BCUT2D eigenvalue weighted by Crippen LogP contribution is 2.30. The van der Waals surface area contributed by atoms with Crippen molar-refractivity contribution in [2.75, 3.05) is 12.0 Å². The first-order valence-electron chi connectivity index (χ1n) is 7.14. The van der Waals surface area contributed by atoms with Gasteiger partial charge in [-0.15, -0.1) is 0 Å². The molecule has 0 saturated carbocycles. The number of hydrazine groups is 1. The molecule has 0 amide bonds. The number of nitrogen functional groups attached to an aromatic ring is 1. The van der Waals surface area contributed by atoms with Crippen LogP contribution in [0.15, 0.2) is 18.2 Å². The van der Waals surface area contributed by atoms with Crippen LogP contribution < -0.4 is 11.3 Å². The van der Waals surface area contributed by atoms with Crippen molar-refractivity contribution in [1.82, 2.24) is 4.90 Å². The lowest BCUT2D eigenvalue weighted by Gasteiger charge is -2.35. The molecule has 1 saturated heterocycles. The van der Waals surface area contributed by atoms with Crippen LogP contribution in [-0.2, 0) is 6.54 Å². The summed E-state index contributed by atoms with van der Waals surface area (Å²) in [6.07, 6.45) is 4.78. The van der Waals surface area contributed by atoms with Crippen molar-refractivity contribution in [2.45, 2.75) is 45.2 Å². The number of nitrogens with one attached hydrogen (secondary N) is 1. The molecule has 6 nitrogen and oxygen atoms in total.